The fraction of sp³-hybridized carbons (Fsp3) is 0.294. The van der Waals surface area contributed by atoms with E-state index in [2.05, 4.69) is 9.88 Å². The van der Waals surface area contributed by atoms with Crippen molar-refractivity contribution in [3.05, 3.63) is 47.2 Å². The quantitative estimate of drug-likeness (QED) is 0.721. The molecule has 1 saturated heterocycles. The van der Waals surface area contributed by atoms with Crippen molar-refractivity contribution in [2.45, 2.75) is 18.6 Å². The highest BCUT2D eigenvalue weighted by atomic mass is 35.5. The zero-order chi connectivity index (χ0) is 15.3. The number of piperidine rings is 1. The molecule has 1 unspecified atom stereocenters. The Morgan fingerprint density at radius 2 is 1.86 bits per heavy atom. The normalized spacial score (nSPS) is 22.5. The number of nitrogens with one attached hydrogen (secondary N) is 1. The number of β-amino-alcohol motifs (C(OH)–C–C–N with tert-alkyl or cyclic N) is 1. The van der Waals surface area contributed by atoms with Crippen molar-refractivity contribution < 1.29 is 9.50 Å². The summed E-state index contributed by atoms with van der Waals surface area (Å²) in [5, 5.41) is 16.0. The van der Waals surface area contributed by atoms with Gasteiger partial charge in [-0.25, -0.2) is 4.39 Å². The highest BCUT2D eigenvalue weighted by molar-refractivity contribution is 6.31. The van der Waals surface area contributed by atoms with Crippen LogP contribution in [0.2, 0.25) is 5.02 Å². The van der Waals surface area contributed by atoms with Gasteiger partial charge in [-0.3, -0.25) is 0 Å². The third kappa shape index (κ3) is 2.10. The van der Waals surface area contributed by atoms with Crippen LogP contribution in [-0.2, 0) is 0 Å². The molecular weight excluding hydrogens is 303 g/mol. The molecule has 1 fully saturated rings. The minimum absolute atomic E-state index is 0.0205. The van der Waals surface area contributed by atoms with E-state index in [9.17, 15) is 9.50 Å². The molecular formula is C17H16ClFN2O. The molecule has 0 amide bonds. The van der Waals surface area contributed by atoms with Gasteiger partial charge in [0.25, 0.3) is 0 Å². The molecule has 3 aromatic rings. The van der Waals surface area contributed by atoms with Gasteiger partial charge >= 0.3 is 0 Å². The van der Waals surface area contributed by atoms with Gasteiger partial charge in [0.05, 0.1) is 12.1 Å². The standard InChI is InChI=1S/C17H16ClFN2O/c18-10-1-3-14-12(7-10)13-8-11(19)2-4-15(13)21(14)16-5-6-20-9-17(16)22/h1-4,7-8,16-17,20,22H,5-6,9H2/t16-,17?/m1/s1. The van der Waals surface area contributed by atoms with Gasteiger partial charge in [0.15, 0.2) is 0 Å². The van der Waals surface area contributed by atoms with Crippen LogP contribution >= 0.6 is 11.6 Å². The molecule has 5 heteroatoms. The summed E-state index contributed by atoms with van der Waals surface area (Å²) in [6.07, 6.45) is 0.369. The first kappa shape index (κ1) is 14.0. The van der Waals surface area contributed by atoms with Gasteiger partial charge in [0.2, 0.25) is 0 Å². The lowest BCUT2D eigenvalue weighted by Gasteiger charge is -2.31. The second kappa shape index (κ2) is 5.23. The summed E-state index contributed by atoms with van der Waals surface area (Å²) in [6, 6.07) is 10.4. The van der Waals surface area contributed by atoms with Crippen LogP contribution < -0.4 is 5.32 Å². The fourth-order valence-corrected chi connectivity index (χ4v) is 3.66. The van der Waals surface area contributed by atoms with Gasteiger partial charge in [0, 0.05) is 33.4 Å². The van der Waals surface area contributed by atoms with Crippen LogP contribution in [0.1, 0.15) is 12.5 Å². The molecule has 114 valence electrons. The summed E-state index contributed by atoms with van der Waals surface area (Å²) in [7, 11) is 0. The smallest absolute Gasteiger partial charge is 0.123 e. The van der Waals surface area contributed by atoms with Crippen molar-refractivity contribution in [2.24, 2.45) is 0 Å². The predicted molar refractivity (Wildman–Crippen MR) is 86.9 cm³/mol. The summed E-state index contributed by atoms with van der Waals surface area (Å²) in [5.41, 5.74) is 1.92. The molecule has 2 aromatic carbocycles. The Morgan fingerprint density at radius 1 is 1.14 bits per heavy atom. The van der Waals surface area contributed by atoms with Crippen LogP contribution in [0.4, 0.5) is 4.39 Å². The topological polar surface area (TPSA) is 37.2 Å². The third-order valence-electron chi connectivity index (χ3n) is 4.47. The Labute approximate surface area is 132 Å². The maximum absolute atomic E-state index is 13.7. The number of fused-ring (bicyclic) bond motifs is 3. The first-order valence-corrected chi connectivity index (χ1v) is 7.80. The number of aliphatic hydroxyl groups excluding tert-OH is 1. The summed E-state index contributed by atoms with van der Waals surface area (Å²) >= 11 is 6.12. The lowest BCUT2D eigenvalue weighted by atomic mass is 10.0. The molecule has 1 aliphatic rings. The SMILES string of the molecule is OC1CNCC[C@H]1n1c2ccc(F)cc2c2cc(Cl)ccc21. The van der Waals surface area contributed by atoms with Crippen LogP contribution in [0.25, 0.3) is 21.8 Å². The third-order valence-corrected chi connectivity index (χ3v) is 4.71. The molecule has 4 rings (SSSR count). The number of hydrogen-bond donors (Lipinski definition) is 2. The van der Waals surface area contributed by atoms with Crippen molar-refractivity contribution >= 4 is 33.4 Å². The van der Waals surface area contributed by atoms with Gasteiger partial charge in [-0.05, 0) is 49.4 Å². The van der Waals surface area contributed by atoms with Crippen molar-refractivity contribution in [1.29, 1.82) is 0 Å². The van der Waals surface area contributed by atoms with Crippen LogP contribution in [0, 0.1) is 5.82 Å². The van der Waals surface area contributed by atoms with Gasteiger partial charge in [-0.2, -0.15) is 0 Å². The Morgan fingerprint density at radius 3 is 2.64 bits per heavy atom. The highest BCUT2D eigenvalue weighted by Crippen LogP contribution is 2.36. The van der Waals surface area contributed by atoms with Crippen LogP contribution in [0.5, 0.6) is 0 Å². The summed E-state index contributed by atoms with van der Waals surface area (Å²) < 4.78 is 15.8. The summed E-state index contributed by atoms with van der Waals surface area (Å²) in [6.45, 7) is 1.43. The number of aliphatic hydroxyl groups is 1. The van der Waals surface area contributed by atoms with Crippen molar-refractivity contribution in [1.82, 2.24) is 9.88 Å². The minimum Gasteiger partial charge on any atom is -0.390 e. The lowest BCUT2D eigenvalue weighted by molar-refractivity contribution is 0.0913. The number of hydrogen-bond acceptors (Lipinski definition) is 2. The Kier molecular flexibility index (Phi) is 3.33. The van der Waals surface area contributed by atoms with E-state index in [4.69, 9.17) is 11.6 Å². The van der Waals surface area contributed by atoms with Gasteiger partial charge < -0.3 is 15.0 Å². The maximum Gasteiger partial charge on any atom is 0.123 e. The van der Waals surface area contributed by atoms with Crippen molar-refractivity contribution in [2.75, 3.05) is 13.1 Å². The average molecular weight is 319 g/mol. The Balaban J connectivity index is 2.06. The van der Waals surface area contributed by atoms with Crippen LogP contribution in [0.15, 0.2) is 36.4 Å². The zero-order valence-corrected chi connectivity index (χ0v) is 12.6. The molecule has 1 aliphatic heterocycles. The first-order valence-electron chi connectivity index (χ1n) is 7.42. The predicted octanol–water partition coefficient (Wildman–Crippen LogP) is 3.48. The molecule has 0 radical (unpaired) electrons. The number of aromatic nitrogens is 1. The number of rotatable bonds is 1. The largest absolute Gasteiger partial charge is 0.390 e. The molecule has 0 spiro atoms. The van der Waals surface area contributed by atoms with Gasteiger partial charge in [-0.15, -0.1) is 0 Å². The number of benzene rings is 2. The molecule has 0 bridgehead atoms. The monoisotopic (exact) mass is 318 g/mol. The Hall–Kier alpha value is -1.62. The highest BCUT2D eigenvalue weighted by Gasteiger charge is 2.27. The first-order chi connectivity index (χ1) is 10.6. The van der Waals surface area contributed by atoms with Crippen molar-refractivity contribution in [3.8, 4) is 0 Å². The van der Waals surface area contributed by atoms with Crippen LogP contribution in [0.3, 0.4) is 0 Å². The van der Waals surface area contributed by atoms with E-state index in [1.807, 2.05) is 18.2 Å². The van der Waals surface area contributed by atoms with E-state index in [0.717, 1.165) is 34.8 Å². The second-order valence-corrected chi connectivity index (χ2v) is 6.26. The number of nitrogens with zero attached hydrogens (tertiary/aromatic N) is 1. The molecule has 0 saturated carbocycles. The molecule has 2 N–H and O–H groups in total. The molecule has 22 heavy (non-hydrogen) atoms. The van der Waals surface area contributed by atoms with Gasteiger partial charge in [-0.1, -0.05) is 11.6 Å². The van der Waals surface area contributed by atoms with E-state index in [-0.39, 0.29) is 11.9 Å². The molecule has 3 nitrogen and oxygen atoms in total. The van der Waals surface area contributed by atoms with Crippen molar-refractivity contribution in [3.63, 3.8) is 0 Å². The molecule has 0 aliphatic carbocycles. The summed E-state index contributed by atoms with van der Waals surface area (Å²) in [4.78, 5) is 0. The van der Waals surface area contributed by atoms with E-state index in [1.165, 1.54) is 12.1 Å². The summed E-state index contributed by atoms with van der Waals surface area (Å²) in [5.74, 6) is -0.266. The van der Waals surface area contributed by atoms with Gasteiger partial charge in [0.1, 0.15) is 5.82 Å². The van der Waals surface area contributed by atoms with E-state index in [0.29, 0.717) is 11.6 Å². The average Bonchev–Trinajstić information content (AvgIpc) is 2.81. The Bertz CT molecular complexity index is 801. The van der Waals surface area contributed by atoms with Crippen LogP contribution in [-0.4, -0.2) is 28.9 Å². The lowest BCUT2D eigenvalue weighted by Crippen LogP contribution is -2.41. The maximum atomic E-state index is 13.7. The number of halogens is 2. The second-order valence-electron chi connectivity index (χ2n) is 5.82. The molecule has 2 atom stereocenters. The van der Waals surface area contributed by atoms with E-state index < -0.39 is 6.10 Å². The fourth-order valence-electron chi connectivity index (χ4n) is 3.48. The van der Waals surface area contributed by atoms with E-state index >= 15 is 0 Å². The molecule has 2 heterocycles. The van der Waals surface area contributed by atoms with E-state index in [1.54, 1.807) is 6.07 Å². The minimum atomic E-state index is -0.465. The molecule has 1 aromatic heterocycles. The zero-order valence-electron chi connectivity index (χ0n) is 11.9.